The van der Waals surface area contributed by atoms with Crippen LogP contribution in [0, 0.1) is 0 Å². The van der Waals surface area contributed by atoms with Crippen LogP contribution in [0.25, 0.3) is 33.6 Å². The molecule has 1 amide bonds. The highest BCUT2D eigenvalue weighted by Crippen LogP contribution is 2.27. The van der Waals surface area contributed by atoms with Gasteiger partial charge in [-0.05, 0) is 24.3 Å². The highest BCUT2D eigenvalue weighted by molar-refractivity contribution is 6.06. The average Bonchev–Trinajstić information content (AvgIpc) is 2.91. The van der Waals surface area contributed by atoms with E-state index in [9.17, 15) is 4.79 Å². The number of amides is 1. The zero-order valence-electron chi connectivity index (χ0n) is 12.7. The number of carbonyl (C=O) groups is 1. The summed E-state index contributed by atoms with van der Waals surface area (Å²) >= 11 is 0. The number of hydrogen-bond donors (Lipinski definition) is 1. The van der Waals surface area contributed by atoms with E-state index in [-0.39, 0.29) is 5.91 Å². The van der Waals surface area contributed by atoms with Gasteiger partial charge in [0.2, 0.25) is 0 Å². The molecule has 6 nitrogen and oxygen atoms in total. The van der Waals surface area contributed by atoms with Crippen molar-refractivity contribution in [3.63, 3.8) is 0 Å². The summed E-state index contributed by atoms with van der Waals surface area (Å²) < 4.78 is 2.06. The Morgan fingerprint density at radius 1 is 0.958 bits per heavy atom. The van der Waals surface area contributed by atoms with Gasteiger partial charge >= 0.3 is 0 Å². The van der Waals surface area contributed by atoms with Gasteiger partial charge in [0.25, 0.3) is 5.91 Å². The molecule has 0 saturated heterocycles. The van der Waals surface area contributed by atoms with Gasteiger partial charge in [-0.3, -0.25) is 9.78 Å². The molecule has 24 heavy (non-hydrogen) atoms. The largest absolute Gasteiger partial charge is 0.350 e. The van der Waals surface area contributed by atoms with Crippen molar-refractivity contribution in [1.82, 2.24) is 24.8 Å². The lowest BCUT2D eigenvalue weighted by Gasteiger charge is -2.07. The zero-order chi connectivity index (χ0) is 16.1. The highest BCUT2D eigenvalue weighted by atomic mass is 16.1. The normalized spacial score (nSPS) is 13.9. The second kappa shape index (κ2) is 4.86. The maximum absolute atomic E-state index is 12.2. The fourth-order valence-corrected chi connectivity index (χ4v) is 3.22. The zero-order valence-corrected chi connectivity index (χ0v) is 12.7. The Balaban J connectivity index is 1.81. The van der Waals surface area contributed by atoms with E-state index in [1.54, 1.807) is 6.20 Å². The van der Waals surface area contributed by atoms with Gasteiger partial charge in [-0.15, -0.1) is 0 Å². The highest BCUT2D eigenvalue weighted by Gasteiger charge is 2.22. The van der Waals surface area contributed by atoms with Crippen LogP contribution >= 0.6 is 0 Å². The number of nitrogens with one attached hydrogen (secondary N) is 1. The molecular formula is C18H13N5O. The molecule has 0 radical (unpaired) electrons. The van der Waals surface area contributed by atoms with Crippen LogP contribution in [-0.2, 0) is 6.54 Å². The third-order valence-corrected chi connectivity index (χ3v) is 4.31. The van der Waals surface area contributed by atoms with E-state index in [1.165, 1.54) is 0 Å². The Bertz CT molecular complexity index is 1120. The Hall–Kier alpha value is -3.28. The molecule has 5 rings (SSSR count). The van der Waals surface area contributed by atoms with E-state index in [4.69, 9.17) is 9.97 Å². The maximum Gasteiger partial charge on any atom is 0.253 e. The lowest BCUT2D eigenvalue weighted by Crippen LogP contribution is -2.24. The van der Waals surface area contributed by atoms with Gasteiger partial charge in [-0.25, -0.2) is 9.97 Å². The number of para-hydroxylation sites is 3. The number of aromatic nitrogens is 4. The number of benzene rings is 2. The lowest BCUT2D eigenvalue weighted by molar-refractivity contribution is 0.0956. The van der Waals surface area contributed by atoms with Gasteiger partial charge in [0.05, 0.1) is 33.8 Å². The van der Waals surface area contributed by atoms with Crippen molar-refractivity contribution in [3.8, 4) is 11.5 Å². The van der Waals surface area contributed by atoms with Crippen molar-refractivity contribution >= 4 is 28.0 Å². The number of carbonyl (C=O) groups excluding carboxylic acids is 1. The van der Waals surface area contributed by atoms with Crippen LogP contribution in [0.5, 0.6) is 0 Å². The minimum absolute atomic E-state index is 0.0598. The van der Waals surface area contributed by atoms with E-state index >= 15 is 0 Å². The molecule has 0 fully saturated rings. The molecule has 0 bridgehead atoms. The number of rotatable bonds is 1. The lowest BCUT2D eigenvalue weighted by atomic mass is 10.2. The molecule has 2 aromatic carbocycles. The van der Waals surface area contributed by atoms with Crippen molar-refractivity contribution in [2.24, 2.45) is 0 Å². The molecule has 0 spiro atoms. The van der Waals surface area contributed by atoms with Crippen molar-refractivity contribution in [2.75, 3.05) is 6.54 Å². The first-order chi connectivity index (χ1) is 11.8. The molecule has 116 valence electrons. The summed E-state index contributed by atoms with van der Waals surface area (Å²) in [5.41, 5.74) is 4.71. The number of fused-ring (bicyclic) bond motifs is 1. The van der Waals surface area contributed by atoms with Gasteiger partial charge < -0.3 is 9.88 Å². The third-order valence-electron chi connectivity index (χ3n) is 4.31. The predicted octanol–water partition coefficient (Wildman–Crippen LogP) is 2.39. The Kier molecular flexibility index (Phi) is 2.67. The van der Waals surface area contributed by atoms with Gasteiger partial charge in [0, 0.05) is 13.1 Å². The first-order valence-corrected chi connectivity index (χ1v) is 7.81. The SMILES string of the molecule is O=C1NCCn2c(-c3cnc4ccccc4n3)nc3cccc1c32. The van der Waals surface area contributed by atoms with Crippen LogP contribution in [0.2, 0.25) is 0 Å². The van der Waals surface area contributed by atoms with Gasteiger partial charge in [-0.2, -0.15) is 0 Å². The molecule has 0 atom stereocenters. The van der Waals surface area contributed by atoms with Crippen LogP contribution in [0.3, 0.4) is 0 Å². The van der Waals surface area contributed by atoms with Crippen LogP contribution in [-0.4, -0.2) is 32.0 Å². The van der Waals surface area contributed by atoms with Crippen LogP contribution in [0.15, 0.2) is 48.7 Å². The first kappa shape index (κ1) is 13.2. The smallest absolute Gasteiger partial charge is 0.253 e. The second-order valence-electron chi connectivity index (χ2n) is 5.76. The van der Waals surface area contributed by atoms with E-state index in [1.807, 2.05) is 42.5 Å². The summed E-state index contributed by atoms with van der Waals surface area (Å²) in [7, 11) is 0. The molecule has 1 N–H and O–H groups in total. The second-order valence-corrected chi connectivity index (χ2v) is 5.76. The molecule has 1 aliphatic heterocycles. The predicted molar refractivity (Wildman–Crippen MR) is 90.6 cm³/mol. The monoisotopic (exact) mass is 315 g/mol. The summed E-state index contributed by atoms with van der Waals surface area (Å²) in [5.74, 6) is 0.683. The topological polar surface area (TPSA) is 72.7 Å². The molecular weight excluding hydrogens is 302 g/mol. The molecule has 2 aromatic heterocycles. The minimum atomic E-state index is -0.0598. The van der Waals surface area contributed by atoms with Crippen LogP contribution < -0.4 is 5.32 Å². The van der Waals surface area contributed by atoms with E-state index in [0.29, 0.717) is 24.3 Å². The summed E-state index contributed by atoms with van der Waals surface area (Å²) in [5, 5.41) is 2.92. The molecule has 0 aliphatic carbocycles. The first-order valence-electron chi connectivity index (χ1n) is 7.81. The standard InChI is InChI=1S/C18H13N5O/c24-18-11-4-3-7-14-16(11)23(9-8-19-18)17(22-14)15-10-20-12-5-1-2-6-13(12)21-15/h1-7,10H,8-9H2,(H,19,24). The third kappa shape index (κ3) is 1.83. The number of hydrogen-bond acceptors (Lipinski definition) is 4. The maximum atomic E-state index is 12.2. The van der Waals surface area contributed by atoms with Gasteiger partial charge in [0.1, 0.15) is 5.69 Å². The van der Waals surface area contributed by atoms with E-state index in [2.05, 4.69) is 14.9 Å². The van der Waals surface area contributed by atoms with Crippen molar-refractivity contribution in [3.05, 3.63) is 54.2 Å². The fraction of sp³-hybridized carbons (Fsp3) is 0.111. The average molecular weight is 315 g/mol. The van der Waals surface area contributed by atoms with Crippen molar-refractivity contribution < 1.29 is 4.79 Å². The Morgan fingerprint density at radius 3 is 2.71 bits per heavy atom. The number of nitrogens with zero attached hydrogens (tertiary/aromatic N) is 4. The van der Waals surface area contributed by atoms with Crippen molar-refractivity contribution in [1.29, 1.82) is 0 Å². The van der Waals surface area contributed by atoms with Gasteiger partial charge in [0.15, 0.2) is 5.82 Å². The Morgan fingerprint density at radius 2 is 1.79 bits per heavy atom. The Labute approximate surface area is 137 Å². The van der Waals surface area contributed by atoms with Crippen molar-refractivity contribution in [2.45, 2.75) is 6.54 Å². The number of imidazole rings is 1. The van der Waals surface area contributed by atoms with Crippen LogP contribution in [0.4, 0.5) is 0 Å². The summed E-state index contributed by atoms with van der Waals surface area (Å²) in [6, 6.07) is 13.4. The molecule has 1 aliphatic rings. The fourth-order valence-electron chi connectivity index (χ4n) is 3.22. The molecule has 0 saturated carbocycles. The molecule has 0 unspecified atom stereocenters. The van der Waals surface area contributed by atoms with Crippen LogP contribution in [0.1, 0.15) is 10.4 Å². The van der Waals surface area contributed by atoms with Gasteiger partial charge in [-0.1, -0.05) is 18.2 Å². The summed E-state index contributed by atoms with van der Waals surface area (Å²) in [6.07, 6.45) is 1.74. The van der Waals surface area contributed by atoms with E-state index in [0.717, 1.165) is 27.9 Å². The quantitative estimate of drug-likeness (QED) is 0.585. The minimum Gasteiger partial charge on any atom is -0.350 e. The molecule has 6 heteroatoms. The van der Waals surface area contributed by atoms with E-state index < -0.39 is 0 Å². The summed E-state index contributed by atoms with van der Waals surface area (Å²) in [4.78, 5) is 26.1. The molecule has 3 heterocycles. The summed E-state index contributed by atoms with van der Waals surface area (Å²) in [6.45, 7) is 1.22. The molecule has 4 aromatic rings.